The van der Waals surface area contributed by atoms with E-state index in [1.807, 2.05) is 12.2 Å². The normalized spacial score (nSPS) is 9.53. The van der Waals surface area contributed by atoms with Gasteiger partial charge in [-0.05, 0) is 18.6 Å². The number of pyridine rings is 1. The van der Waals surface area contributed by atoms with Gasteiger partial charge >= 0.3 is 12.0 Å². The first kappa shape index (κ1) is 14.6. The second-order valence-corrected chi connectivity index (χ2v) is 3.62. The van der Waals surface area contributed by atoms with Crippen LogP contribution in [0.1, 0.15) is 23.7 Å². The predicted molar refractivity (Wildman–Crippen MR) is 66.4 cm³/mol. The SMILES string of the molecule is CCCNC(=O)NC(=O)COC(=O)c1ccncc1. The molecule has 0 aliphatic rings. The van der Waals surface area contributed by atoms with Crippen molar-refractivity contribution in [2.75, 3.05) is 13.2 Å². The van der Waals surface area contributed by atoms with Gasteiger partial charge in [-0.3, -0.25) is 15.1 Å². The lowest BCUT2D eigenvalue weighted by Crippen LogP contribution is -2.41. The van der Waals surface area contributed by atoms with Gasteiger partial charge in [0.1, 0.15) is 0 Å². The van der Waals surface area contributed by atoms with Crippen molar-refractivity contribution < 1.29 is 19.1 Å². The van der Waals surface area contributed by atoms with E-state index in [1.54, 1.807) is 0 Å². The molecule has 0 aliphatic carbocycles. The van der Waals surface area contributed by atoms with Gasteiger partial charge in [0.05, 0.1) is 5.56 Å². The average molecular weight is 265 g/mol. The highest BCUT2D eigenvalue weighted by atomic mass is 16.5. The van der Waals surface area contributed by atoms with E-state index in [9.17, 15) is 14.4 Å². The number of nitrogens with zero attached hydrogens (tertiary/aromatic N) is 1. The number of aromatic nitrogens is 1. The summed E-state index contributed by atoms with van der Waals surface area (Å²) in [5, 5.41) is 4.51. The maximum atomic E-state index is 11.5. The minimum Gasteiger partial charge on any atom is -0.452 e. The molecule has 0 saturated heterocycles. The molecule has 7 heteroatoms. The molecule has 1 rings (SSSR count). The third kappa shape index (κ3) is 5.62. The third-order valence-electron chi connectivity index (χ3n) is 2.04. The number of hydrogen-bond donors (Lipinski definition) is 2. The Labute approximate surface area is 110 Å². The zero-order valence-electron chi connectivity index (χ0n) is 10.5. The van der Waals surface area contributed by atoms with E-state index in [-0.39, 0.29) is 0 Å². The van der Waals surface area contributed by atoms with Crippen LogP contribution < -0.4 is 10.6 Å². The Morgan fingerprint density at radius 2 is 1.95 bits per heavy atom. The van der Waals surface area contributed by atoms with E-state index in [4.69, 9.17) is 4.74 Å². The molecule has 1 aromatic heterocycles. The Hall–Kier alpha value is -2.44. The van der Waals surface area contributed by atoms with Crippen LogP contribution >= 0.6 is 0 Å². The second-order valence-electron chi connectivity index (χ2n) is 3.62. The molecule has 2 N–H and O–H groups in total. The van der Waals surface area contributed by atoms with Crippen molar-refractivity contribution in [3.8, 4) is 0 Å². The number of hydrogen-bond acceptors (Lipinski definition) is 5. The molecule has 0 aromatic carbocycles. The molecular weight excluding hydrogens is 250 g/mol. The Kier molecular flexibility index (Phi) is 6.00. The summed E-state index contributed by atoms with van der Waals surface area (Å²) >= 11 is 0. The molecule has 0 radical (unpaired) electrons. The number of esters is 1. The molecule has 0 saturated carbocycles. The molecule has 102 valence electrons. The number of urea groups is 1. The third-order valence-corrected chi connectivity index (χ3v) is 2.04. The van der Waals surface area contributed by atoms with E-state index >= 15 is 0 Å². The summed E-state index contributed by atoms with van der Waals surface area (Å²) in [4.78, 5) is 37.7. The summed E-state index contributed by atoms with van der Waals surface area (Å²) in [7, 11) is 0. The van der Waals surface area contributed by atoms with Crippen LogP contribution in [0.4, 0.5) is 4.79 Å². The molecule has 0 aliphatic heterocycles. The fourth-order valence-corrected chi connectivity index (χ4v) is 1.15. The quantitative estimate of drug-likeness (QED) is 0.754. The van der Waals surface area contributed by atoms with Crippen LogP contribution in [0.3, 0.4) is 0 Å². The molecule has 0 bridgehead atoms. The van der Waals surface area contributed by atoms with Crippen molar-refractivity contribution in [1.82, 2.24) is 15.6 Å². The lowest BCUT2D eigenvalue weighted by molar-refractivity contribution is -0.123. The Balaban J connectivity index is 2.30. The lowest BCUT2D eigenvalue weighted by atomic mass is 10.3. The molecule has 7 nitrogen and oxygen atoms in total. The van der Waals surface area contributed by atoms with Crippen LogP contribution in [0.25, 0.3) is 0 Å². The summed E-state index contributed by atoms with van der Waals surface area (Å²) in [6.45, 7) is 1.84. The standard InChI is InChI=1S/C12H15N3O4/c1-2-5-14-12(18)15-10(16)8-19-11(17)9-3-6-13-7-4-9/h3-4,6-7H,2,5,8H2,1H3,(H2,14,15,16,18). The number of carbonyl (C=O) groups excluding carboxylic acids is 3. The second kappa shape index (κ2) is 7.80. The van der Waals surface area contributed by atoms with E-state index in [0.717, 1.165) is 6.42 Å². The van der Waals surface area contributed by atoms with Gasteiger partial charge in [-0.25, -0.2) is 9.59 Å². The summed E-state index contributed by atoms with van der Waals surface area (Å²) in [6, 6.07) is 2.33. The van der Waals surface area contributed by atoms with Crippen molar-refractivity contribution in [2.24, 2.45) is 0 Å². The minimum absolute atomic E-state index is 0.290. The fourth-order valence-electron chi connectivity index (χ4n) is 1.15. The number of ether oxygens (including phenoxy) is 1. The molecule has 1 aromatic rings. The molecule has 0 unspecified atom stereocenters. The summed E-state index contributed by atoms with van der Waals surface area (Å²) in [6.07, 6.45) is 3.64. The number of amides is 3. The van der Waals surface area contributed by atoms with Crippen molar-refractivity contribution >= 4 is 17.9 Å². The van der Waals surface area contributed by atoms with Crippen LogP contribution in [0, 0.1) is 0 Å². The molecule has 0 fully saturated rings. The largest absolute Gasteiger partial charge is 0.452 e. The highest BCUT2D eigenvalue weighted by Gasteiger charge is 2.11. The Bertz CT molecular complexity index is 448. The fraction of sp³-hybridized carbons (Fsp3) is 0.333. The molecular formula is C12H15N3O4. The molecule has 0 atom stereocenters. The van der Waals surface area contributed by atoms with Crippen molar-refractivity contribution in [3.63, 3.8) is 0 Å². The average Bonchev–Trinajstić information content (AvgIpc) is 2.43. The first-order chi connectivity index (χ1) is 9.13. The Morgan fingerprint density at radius 3 is 2.58 bits per heavy atom. The van der Waals surface area contributed by atoms with Gasteiger partial charge in [-0.15, -0.1) is 0 Å². The maximum Gasteiger partial charge on any atom is 0.338 e. The van der Waals surface area contributed by atoms with Crippen molar-refractivity contribution in [2.45, 2.75) is 13.3 Å². The highest BCUT2D eigenvalue weighted by molar-refractivity contribution is 5.96. The maximum absolute atomic E-state index is 11.5. The smallest absolute Gasteiger partial charge is 0.338 e. The zero-order valence-corrected chi connectivity index (χ0v) is 10.5. The van der Waals surface area contributed by atoms with Gasteiger partial charge in [0, 0.05) is 18.9 Å². The first-order valence-corrected chi connectivity index (χ1v) is 5.78. The zero-order chi connectivity index (χ0) is 14.1. The number of imide groups is 1. The van der Waals surface area contributed by atoms with Crippen LogP contribution in [0.15, 0.2) is 24.5 Å². The molecule has 1 heterocycles. The van der Waals surface area contributed by atoms with Crippen LogP contribution in [-0.4, -0.2) is 36.0 Å². The van der Waals surface area contributed by atoms with E-state index < -0.39 is 24.5 Å². The van der Waals surface area contributed by atoms with Crippen molar-refractivity contribution in [1.29, 1.82) is 0 Å². The van der Waals surface area contributed by atoms with Crippen LogP contribution in [-0.2, 0) is 9.53 Å². The Morgan fingerprint density at radius 1 is 1.26 bits per heavy atom. The van der Waals surface area contributed by atoms with E-state index in [1.165, 1.54) is 24.5 Å². The molecule has 0 spiro atoms. The summed E-state index contributed by atoms with van der Waals surface area (Å²) in [5.41, 5.74) is 0.290. The number of nitrogens with one attached hydrogen (secondary N) is 2. The minimum atomic E-state index is -0.684. The first-order valence-electron chi connectivity index (χ1n) is 5.78. The van der Waals surface area contributed by atoms with Crippen LogP contribution in [0.5, 0.6) is 0 Å². The van der Waals surface area contributed by atoms with E-state index in [0.29, 0.717) is 12.1 Å². The monoisotopic (exact) mass is 265 g/mol. The highest BCUT2D eigenvalue weighted by Crippen LogP contribution is 1.98. The van der Waals surface area contributed by atoms with Crippen molar-refractivity contribution in [3.05, 3.63) is 30.1 Å². The molecule has 19 heavy (non-hydrogen) atoms. The predicted octanol–water partition coefficient (Wildman–Crippen LogP) is 0.474. The van der Waals surface area contributed by atoms with Gasteiger partial charge in [0.2, 0.25) is 0 Å². The van der Waals surface area contributed by atoms with Gasteiger partial charge in [-0.1, -0.05) is 6.92 Å². The summed E-state index contributed by atoms with van der Waals surface area (Å²) in [5.74, 6) is -1.33. The topological polar surface area (TPSA) is 97.4 Å². The number of carbonyl (C=O) groups is 3. The lowest BCUT2D eigenvalue weighted by Gasteiger charge is -2.06. The van der Waals surface area contributed by atoms with Crippen LogP contribution in [0.2, 0.25) is 0 Å². The van der Waals surface area contributed by atoms with Gasteiger partial charge in [0.25, 0.3) is 5.91 Å². The van der Waals surface area contributed by atoms with Gasteiger partial charge in [-0.2, -0.15) is 0 Å². The number of rotatable bonds is 5. The van der Waals surface area contributed by atoms with Gasteiger partial charge < -0.3 is 10.1 Å². The molecule has 3 amide bonds. The van der Waals surface area contributed by atoms with Gasteiger partial charge in [0.15, 0.2) is 6.61 Å². The summed E-state index contributed by atoms with van der Waals surface area (Å²) < 4.78 is 4.74. The van der Waals surface area contributed by atoms with E-state index in [2.05, 4.69) is 10.3 Å².